The first-order chi connectivity index (χ1) is 10.3. The van der Waals surface area contributed by atoms with E-state index in [-0.39, 0.29) is 24.6 Å². The van der Waals surface area contributed by atoms with Crippen LogP contribution in [-0.4, -0.2) is 54.8 Å². The summed E-state index contributed by atoms with van der Waals surface area (Å²) in [7, 11) is 0. The van der Waals surface area contributed by atoms with E-state index in [1.807, 2.05) is 15.6 Å². The summed E-state index contributed by atoms with van der Waals surface area (Å²) in [5, 5.41) is 12.2. The smallest absolute Gasteiger partial charge is 0.244 e. The molecule has 0 aromatic carbocycles. The molecule has 0 bridgehead atoms. The average molecular weight is 288 g/mol. The maximum atomic E-state index is 12.4. The lowest BCUT2D eigenvalue weighted by Crippen LogP contribution is -2.50. The van der Waals surface area contributed by atoms with Crippen molar-refractivity contribution in [2.45, 2.75) is 31.7 Å². The Balaban J connectivity index is 1.49. The summed E-state index contributed by atoms with van der Waals surface area (Å²) in [6, 6.07) is 1.88. The molecule has 4 rings (SSSR count). The van der Waals surface area contributed by atoms with Gasteiger partial charge in [0.1, 0.15) is 6.54 Å². The van der Waals surface area contributed by atoms with E-state index in [1.54, 1.807) is 23.3 Å². The van der Waals surface area contributed by atoms with E-state index in [1.165, 1.54) is 0 Å². The SMILES string of the molecule is O=C(Cn1cccn1)N1CC[C@@H]2OCc3cnnn3[C@H]2C1. The first-order valence-electron chi connectivity index (χ1n) is 7.07. The lowest BCUT2D eigenvalue weighted by molar-refractivity contribution is -0.138. The maximum Gasteiger partial charge on any atom is 0.244 e. The molecule has 1 fully saturated rings. The normalized spacial score (nSPS) is 24.5. The summed E-state index contributed by atoms with van der Waals surface area (Å²) in [5.74, 6) is 0.0735. The maximum absolute atomic E-state index is 12.4. The van der Waals surface area contributed by atoms with Gasteiger partial charge < -0.3 is 9.64 Å². The number of likely N-dealkylation sites (tertiary alicyclic amines) is 1. The van der Waals surface area contributed by atoms with Crippen molar-refractivity contribution >= 4 is 5.91 Å². The Morgan fingerprint density at radius 2 is 2.43 bits per heavy atom. The van der Waals surface area contributed by atoms with E-state index in [4.69, 9.17) is 4.74 Å². The Morgan fingerprint density at radius 1 is 1.48 bits per heavy atom. The van der Waals surface area contributed by atoms with Crippen LogP contribution < -0.4 is 0 Å². The zero-order chi connectivity index (χ0) is 14.2. The third-order valence-electron chi connectivity index (χ3n) is 4.14. The zero-order valence-electron chi connectivity index (χ0n) is 11.5. The van der Waals surface area contributed by atoms with Crippen LogP contribution in [0.2, 0.25) is 0 Å². The van der Waals surface area contributed by atoms with Crippen molar-refractivity contribution in [2.24, 2.45) is 0 Å². The van der Waals surface area contributed by atoms with Gasteiger partial charge in [0.2, 0.25) is 5.91 Å². The van der Waals surface area contributed by atoms with Crippen molar-refractivity contribution in [3.05, 3.63) is 30.4 Å². The molecule has 0 unspecified atom stereocenters. The van der Waals surface area contributed by atoms with E-state index < -0.39 is 0 Å². The molecule has 2 aliphatic rings. The van der Waals surface area contributed by atoms with E-state index >= 15 is 0 Å². The van der Waals surface area contributed by atoms with Crippen molar-refractivity contribution < 1.29 is 9.53 Å². The van der Waals surface area contributed by atoms with Crippen LogP contribution >= 0.6 is 0 Å². The largest absolute Gasteiger partial charge is 0.370 e. The number of rotatable bonds is 2. The second-order valence-electron chi connectivity index (χ2n) is 5.42. The van der Waals surface area contributed by atoms with Crippen molar-refractivity contribution in [3.8, 4) is 0 Å². The third-order valence-corrected chi connectivity index (χ3v) is 4.14. The van der Waals surface area contributed by atoms with Gasteiger partial charge in [0, 0.05) is 25.5 Å². The molecule has 2 aromatic rings. The van der Waals surface area contributed by atoms with Crippen molar-refractivity contribution in [3.63, 3.8) is 0 Å². The molecule has 2 atom stereocenters. The lowest BCUT2D eigenvalue weighted by atomic mass is 10.0. The number of aromatic nitrogens is 5. The number of piperidine rings is 1. The highest BCUT2D eigenvalue weighted by atomic mass is 16.5. The van der Waals surface area contributed by atoms with Gasteiger partial charge in [-0.2, -0.15) is 5.10 Å². The van der Waals surface area contributed by atoms with E-state index in [0.29, 0.717) is 19.7 Å². The molecule has 1 saturated heterocycles. The molecular formula is C13H16N6O2. The minimum absolute atomic E-state index is 0.0616. The molecule has 2 aromatic heterocycles. The number of nitrogens with zero attached hydrogens (tertiary/aromatic N) is 6. The van der Waals surface area contributed by atoms with Gasteiger partial charge >= 0.3 is 0 Å². The van der Waals surface area contributed by atoms with Gasteiger partial charge in [-0.05, 0) is 12.5 Å². The van der Waals surface area contributed by atoms with E-state index in [0.717, 1.165) is 12.1 Å². The summed E-state index contributed by atoms with van der Waals surface area (Å²) in [6.07, 6.45) is 6.14. The highest BCUT2D eigenvalue weighted by Gasteiger charge is 2.37. The number of hydrogen-bond acceptors (Lipinski definition) is 5. The minimum atomic E-state index is 0.0616. The Labute approximate surface area is 121 Å². The van der Waals surface area contributed by atoms with Crippen LogP contribution in [0, 0.1) is 0 Å². The molecular weight excluding hydrogens is 272 g/mol. The van der Waals surface area contributed by atoms with Gasteiger partial charge in [-0.15, -0.1) is 5.10 Å². The summed E-state index contributed by atoms with van der Waals surface area (Å²) in [5.41, 5.74) is 0.970. The number of carbonyl (C=O) groups excluding carboxylic acids is 1. The molecule has 8 nitrogen and oxygen atoms in total. The molecule has 0 aliphatic carbocycles. The monoisotopic (exact) mass is 288 g/mol. The standard InChI is InChI=1S/C13H16N6O2/c20-13(8-18-4-1-3-15-18)17-5-2-12-11(7-17)19-10(9-21-12)6-14-16-19/h1,3-4,6,11-12H,2,5,7-9H2/t11-,12-/m0/s1. The Kier molecular flexibility index (Phi) is 2.95. The second kappa shape index (κ2) is 4.96. The quantitative estimate of drug-likeness (QED) is 0.768. The summed E-state index contributed by atoms with van der Waals surface area (Å²) < 4.78 is 9.39. The fourth-order valence-corrected chi connectivity index (χ4v) is 3.04. The highest BCUT2D eigenvalue weighted by Crippen LogP contribution is 2.29. The fourth-order valence-electron chi connectivity index (χ4n) is 3.04. The van der Waals surface area contributed by atoms with Gasteiger partial charge in [0.25, 0.3) is 0 Å². The predicted octanol–water partition coefficient (Wildman–Crippen LogP) is -0.153. The van der Waals surface area contributed by atoms with Gasteiger partial charge in [-0.25, -0.2) is 4.68 Å². The molecule has 1 amide bonds. The van der Waals surface area contributed by atoms with Crippen molar-refractivity contribution in [1.29, 1.82) is 0 Å². The van der Waals surface area contributed by atoms with Crippen LogP contribution in [-0.2, 0) is 22.7 Å². The summed E-state index contributed by atoms with van der Waals surface area (Å²) in [6.45, 7) is 2.15. The molecule has 110 valence electrons. The first-order valence-corrected chi connectivity index (χ1v) is 7.07. The first kappa shape index (κ1) is 12.5. The van der Waals surface area contributed by atoms with Gasteiger partial charge in [-0.3, -0.25) is 9.48 Å². The van der Waals surface area contributed by atoms with Gasteiger partial charge in [0.05, 0.1) is 30.6 Å². The van der Waals surface area contributed by atoms with E-state index in [9.17, 15) is 4.79 Å². The Hall–Kier alpha value is -2.22. The second-order valence-corrected chi connectivity index (χ2v) is 5.42. The summed E-state index contributed by atoms with van der Waals surface area (Å²) >= 11 is 0. The number of amides is 1. The molecule has 4 heterocycles. The van der Waals surface area contributed by atoms with Crippen molar-refractivity contribution in [2.75, 3.05) is 13.1 Å². The Morgan fingerprint density at radius 3 is 3.29 bits per heavy atom. The van der Waals surface area contributed by atoms with Crippen LogP contribution in [0.25, 0.3) is 0 Å². The van der Waals surface area contributed by atoms with Gasteiger partial charge in [0.15, 0.2) is 0 Å². The predicted molar refractivity (Wildman–Crippen MR) is 71.1 cm³/mol. The molecule has 21 heavy (non-hydrogen) atoms. The lowest BCUT2D eigenvalue weighted by Gasteiger charge is -2.41. The molecule has 0 spiro atoms. The average Bonchev–Trinajstić information content (AvgIpc) is 3.17. The molecule has 2 aliphatic heterocycles. The third kappa shape index (κ3) is 2.21. The van der Waals surface area contributed by atoms with Crippen LogP contribution in [0.1, 0.15) is 18.2 Å². The molecule has 8 heteroatoms. The van der Waals surface area contributed by atoms with Crippen LogP contribution in [0.15, 0.2) is 24.7 Å². The molecule has 0 N–H and O–H groups in total. The fraction of sp³-hybridized carbons (Fsp3) is 0.538. The number of hydrogen-bond donors (Lipinski definition) is 0. The minimum Gasteiger partial charge on any atom is -0.370 e. The topological polar surface area (TPSA) is 78.1 Å². The number of ether oxygens (including phenoxy) is 1. The zero-order valence-corrected chi connectivity index (χ0v) is 11.5. The summed E-state index contributed by atoms with van der Waals surface area (Å²) in [4.78, 5) is 14.2. The Bertz CT molecular complexity index is 637. The van der Waals surface area contributed by atoms with Crippen LogP contribution in [0.3, 0.4) is 0 Å². The van der Waals surface area contributed by atoms with E-state index in [2.05, 4.69) is 15.4 Å². The number of carbonyl (C=O) groups is 1. The molecule has 0 radical (unpaired) electrons. The van der Waals surface area contributed by atoms with Crippen LogP contribution in [0.5, 0.6) is 0 Å². The highest BCUT2D eigenvalue weighted by molar-refractivity contribution is 5.76. The van der Waals surface area contributed by atoms with Crippen LogP contribution in [0.4, 0.5) is 0 Å². The molecule has 0 saturated carbocycles. The number of fused-ring (bicyclic) bond motifs is 3. The van der Waals surface area contributed by atoms with Crippen molar-refractivity contribution in [1.82, 2.24) is 29.7 Å². The van der Waals surface area contributed by atoms with Gasteiger partial charge in [-0.1, -0.05) is 5.21 Å².